The summed E-state index contributed by atoms with van der Waals surface area (Å²) >= 11 is 1.70. The van der Waals surface area contributed by atoms with Crippen molar-refractivity contribution in [2.75, 3.05) is 6.26 Å². The number of nitrogens with zero attached hydrogens (tertiary/aromatic N) is 2. The Kier molecular flexibility index (Phi) is 1.85. The van der Waals surface area contributed by atoms with E-state index in [1.165, 1.54) is 12.8 Å². The van der Waals surface area contributed by atoms with Gasteiger partial charge in [0, 0.05) is 5.92 Å². The fraction of sp³-hybridized carbons (Fsp3) is 0.714. The summed E-state index contributed by atoms with van der Waals surface area (Å²) in [6.07, 6.45) is 4.47. The van der Waals surface area contributed by atoms with Crippen molar-refractivity contribution in [1.82, 2.24) is 10.2 Å². The number of thioether (sulfide) groups is 1. The molecule has 0 N–H and O–H groups in total. The highest BCUT2D eigenvalue weighted by Crippen LogP contribution is 2.39. The lowest BCUT2D eigenvalue weighted by molar-refractivity contribution is 0.466. The van der Waals surface area contributed by atoms with Gasteiger partial charge in [0.1, 0.15) is 0 Å². The van der Waals surface area contributed by atoms with E-state index in [0.29, 0.717) is 5.92 Å². The van der Waals surface area contributed by atoms with Crippen molar-refractivity contribution in [2.24, 2.45) is 0 Å². The van der Waals surface area contributed by atoms with E-state index in [0.717, 1.165) is 17.5 Å². The summed E-state index contributed by atoms with van der Waals surface area (Å²) < 4.78 is 5.40. The van der Waals surface area contributed by atoms with Crippen molar-refractivity contribution in [3.8, 4) is 0 Å². The number of hydrogen-bond acceptors (Lipinski definition) is 4. The molecule has 1 aromatic heterocycles. The van der Waals surface area contributed by atoms with E-state index in [1.54, 1.807) is 11.8 Å². The Morgan fingerprint density at radius 2 is 2.36 bits per heavy atom. The zero-order valence-corrected chi connectivity index (χ0v) is 7.23. The molecule has 0 spiro atoms. The molecule has 0 radical (unpaired) electrons. The van der Waals surface area contributed by atoms with Crippen molar-refractivity contribution < 1.29 is 4.42 Å². The second-order valence-corrected chi connectivity index (χ2v) is 3.61. The van der Waals surface area contributed by atoms with Crippen LogP contribution in [0.25, 0.3) is 0 Å². The van der Waals surface area contributed by atoms with E-state index in [2.05, 4.69) is 10.2 Å². The Balaban J connectivity index is 2.06. The molecule has 1 aliphatic carbocycles. The summed E-state index contributed by atoms with van der Waals surface area (Å²) in [4.78, 5) is 0. The van der Waals surface area contributed by atoms with Gasteiger partial charge in [0.15, 0.2) is 0 Å². The number of hydrogen-bond donors (Lipinski definition) is 0. The molecule has 2 rings (SSSR count). The van der Waals surface area contributed by atoms with Gasteiger partial charge in [-0.2, -0.15) is 11.8 Å². The van der Waals surface area contributed by atoms with Gasteiger partial charge in [-0.3, -0.25) is 0 Å². The van der Waals surface area contributed by atoms with Crippen molar-refractivity contribution in [1.29, 1.82) is 0 Å². The largest absolute Gasteiger partial charge is 0.424 e. The molecule has 1 saturated carbocycles. The number of rotatable bonds is 3. The van der Waals surface area contributed by atoms with Crippen LogP contribution in [-0.4, -0.2) is 16.5 Å². The third kappa shape index (κ3) is 1.56. The topological polar surface area (TPSA) is 38.9 Å². The molecule has 1 heterocycles. The summed E-state index contributed by atoms with van der Waals surface area (Å²) in [6.45, 7) is 0. The Bertz CT molecular complexity index is 244. The molecule has 0 aliphatic heterocycles. The van der Waals surface area contributed by atoms with Crippen LogP contribution < -0.4 is 0 Å². The molecule has 0 amide bonds. The average Bonchev–Trinajstić information content (AvgIpc) is 2.75. The third-order valence-electron chi connectivity index (χ3n) is 1.68. The van der Waals surface area contributed by atoms with E-state index >= 15 is 0 Å². The molecule has 1 aromatic rings. The molecule has 11 heavy (non-hydrogen) atoms. The van der Waals surface area contributed by atoms with Crippen LogP contribution in [0.5, 0.6) is 0 Å². The fourth-order valence-electron chi connectivity index (χ4n) is 0.944. The normalized spacial score (nSPS) is 17.2. The van der Waals surface area contributed by atoms with Gasteiger partial charge in [0.2, 0.25) is 11.8 Å². The highest BCUT2D eigenvalue weighted by atomic mass is 32.2. The third-order valence-corrected chi connectivity index (χ3v) is 2.21. The molecule has 0 aromatic carbocycles. The highest BCUT2D eigenvalue weighted by Gasteiger charge is 2.29. The van der Waals surface area contributed by atoms with Crippen LogP contribution in [0.3, 0.4) is 0 Å². The first-order valence-electron chi connectivity index (χ1n) is 3.71. The summed E-state index contributed by atoms with van der Waals surface area (Å²) in [5.74, 6) is 3.02. The molecule has 3 nitrogen and oxygen atoms in total. The van der Waals surface area contributed by atoms with Gasteiger partial charge in [-0.1, -0.05) is 0 Å². The standard InChI is InChI=1S/C7H10N2OS/c1-11-4-6-8-9-7(10-6)5-2-3-5/h5H,2-4H2,1H3. The van der Waals surface area contributed by atoms with Crippen LogP contribution in [0.15, 0.2) is 4.42 Å². The van der Waals surface area contributed by atoms with E-state index in [-0.39, 0.29) is 0 Å². The van der Waals surface area contributed by atoms with Crippen molar-refractivity contribution >= 4 is 11.8 Å². The van der Waals surface area contributed by atoms with Crippen LogP contribution in [0.1, 0.15) is 30.5 Å². The molecular formula is C7H10N2OS. The Hall–Kier alpha value is -0.510. The van der Waals surface area contributed by atoms with Crippen LogP contribution in [-0.2, 0) is 5.75 Å². The van der Waals surface area contributed by atoms with Crippen molar-refractivity contribution in [3.63, 3.8) is 0 Å². The zero-order chi connectivity index (χ0) is 7.68. The second kappa shape index (κ2) is 2.85. The lowest BCUT2D eigenvalue weighted by Gasteiger charge is -1.86. The predicted molar refractivity (Wildman–Crippen MR) is 43.5 cm³/mol. The van der Waals surface area contributed by atoms with Crippen LogP contribution in [0.4, 0.5) is 0 Å². The SMILES string of the molecule is CSCc1nnc(C2CC2)o1. The Morgan fingerprint density at radius 1 is 1.55 bits per heavy atom. The summed E-state index contributed by atoms with van der Waals surface area (Å²) in [6, 6.07) is 0. The maximum absolute atomic E-state index is 5.40. The average molecular weight is 170 g/mol. The molecular weight excluding hydrogens is 160 g/mol. The van der Waals surface area contributed by atoms with Gasteiger partial charge in [0.25, 0.3) is 0 Å². The molecule has 0 unspecified atom stereocenters. The molecule has 1 aliphatic rings. The summed E-state index contributed by atoms with van der Waals surface area (Å²) in [5, 5.41) is 7.90. The quantitative estimate of drug-likeness (QED) is 0.693. The Morgan fingerprint density at radius 3 is 3.00 bits per heavy atom. The Labute approximate surface area is 69.6 Å². The molecule has 0 atom stereocenters. The van der Waals surface area contributed by atoms with Gasteiger partial charge in [-0.05, 0) is 19.1 Å². The lowest BCUT2D eigenvalue weighted by atomic mass is 10.4. The van der Waals surface area contributed by atoms with Gasteiger partial charge >= 0.3 is 0 Å². The van der Waals surface area contributed by atoms with E-state index in [4.69, 9.17) is 4.42 Å². The monoisotopic (exact) mass is 170 g/mol. The summed E-state index contributed by atoms with van der Waals surface area (Å²) in [5.41, 5.74) is 0. The predicted octanol–water partition coefficient (Wildman–Crippen LogP) is 1.81. The minimum absolute atomic E-state index is 0.582. The van der Waals surface area contributed by atoms with Crippen LogP contribution in [0, 0.1) is 0 Å². The van der Waals surface area contributed by atoms with Gasteiger partial charge in [-0.25, -0.2) is 0 Å². The fourth-order valence-corrected chi connectivity index (χ4v) is 1.31. The molecule has 0 bridgehead atoms. The first-order valence-corrected chi connectivity index (χ1v) is 5.10. The first kappa shape index (κ1) is 7.16. The first-order chi connectivity index (χ1) is 5.40. The molecule has 4 heteroatoms. The van der Waals surface area contributed by atoms with Gasteiger partial charge in [0.05, 0.1) is 5.75 Å². The molecule has 60 valence electrons. The molecule has 0 saturated heterocycles. The highest BCUT2D eigenvalue weighted by molar-refractivity contribution is 7.97. The second-order valence-electron chi connectivity index (χ2n) is 2.74. The number of aromatic nitrogens is 2. The van der Waals surface area contributed by atoms with Crippen molar-refractivity contribution in [3.05, 3.63) is 11.8 Å². The van der Waals surface area contributed by atoms with Crippen LogP contribution in [0.2, 0.25) is 0 Å². The van der Waals surface area contributed by atoms with E-state index in [9.17, 15) is 0 Å². The minimum Gasteiger partial charge on any atom is -0.424 e. The lowest BCUT2D eigenvalue weighted by Crippen LogP contribution is -1.77. The maximum Gasteiger partial charge on any atom is 0.226 e. The maximum atomic E-state index is 5.40. The van der Waals surface area contributed by atoms with Crippen LogP contribution >= 0.6 is 11.8 Å². The van der Waals surface area contributed by atoms with Gasteiger partial charge in [-0.15, -0.1) is 10.2 Å². The zero-order valence-electron chi connectivity index (χ0n) is 6.41. The summed E-state index contributed by atoms with van der Waals surface area (Å²) in [7, 11) is 0. The van der Waals surface area contributed by atoms with Gasteiger partial charge < -0.3 is 4.42 Å². The minimum atomic E-state index is 0.582. The smallest absolute Gasteiger partial charge is 0.226 e. The van der Waals surface area contributed by atoms with Crippen molar-refractivity contribution in [2.45, 2.75) is 24.5 Å². The van der Waals surface area contributed by atoms with E-state index < -0.39 is 0 Å². The van der Waals surface area contributed by atoms with E-state index in [1.807, 2.05) is 6.26 Å². The molecule has 1 fully saturated rings.